The molecule has 0 radical (unpaired) electrons. The zero-order chi connectivity index (χ0) is 15.3. The van der Waals surface area contributed by atoms with Gasteiger partial charge in [0, 0.05) is 6.08 Å². The van der Waals surface area contributed by atoms with Crippen molar-refractivity contribution >= 4 is 5.97 Å². The van der Waals surface area contributed by atoms with Gasteiger partial charge >= 0.3 is 5.97 Å². The zero-order valence-electron chi connectivity index (χ0n) is 13.0. The van der Waals surface area contributed by atoms with Crippen molar-refractivity contribution in [2.75, 3.05) is 6.61 Å². The highest BCUT2D eigenvalue weighted by Crippen LogP contribution is 2.26. The van der Waals surface area contributed by atoms with E-state index in [4.69, 9.17) is 9.47 Å². The summed E-state index contributed by atoms with van der Waals surface area (Å²) in [6.45, 7) is 6.26. The van der Waals surface area contributed by atoms with Gasteiger partial charge in [-0.2, -0.15) is 0 Å². The van der Waals surface area contributed by atoms with Crippen molar-refractivity contribution < 1.29 is 14.3 Å². The number of para-hydroxylation sites is 2. The van der Waals surface area contributed by atoms with E-state index < -0.39 is 5.97 Å². The van der Waals surface area contributed by atoms with Crippen molar-refractivity contribution in [1.82, 2.24) is 0 Å². The molecule has 0 saturated carbocycles. The highest BCUT2D eigenvalue weighted by Gasteiger charge is 2.07. The Balaban J connectivity index is 2.25. The average Bonchev–Trinajstić information content (AvgIpc) is 2.51. The number of carbonyl (C=O) groups is 1. The predicted molar refractivity (Wildman–Crippen MR) is 85.8 cm³/mol. The Hall–Kier alpha value is -1.77. The molecule has 0 aliphatic rings. The Morgan fingerprint density at radius 3 is 2.33 bits per heavy atom. The summed E-state index contributed by atoms with van der Waals surface area (Å²) < 4.78 is 10.8. The first-order valence-electron chi connectivity index (χ1n) is 7.84. The number of esters is 1. The van der Waals surface area contributed by atoms with Gasteiger partial charge in [0.25, 0.3) is 0 Å². The Kier molecular flexibility index (Phi) is 9.01. The third-order valence-corrected chi connectivity index (χ3v) is 3.23. The number of unbranched alkanes of at least 4 members (excludes halogenated alkanes) is 6. The fraction of sp³-hybridized carbons (Fsp3) is 0.500. The van der Waals surface area contributed by atoms with E-state index >= 15 is 0 Å². The van der Waals surface area contributed by atoms with Crippen LogP contribution >= 0.6 is 0 Å². The molecule has 0 aliphatic heterocycles. The first-order valence-corrected chi connectivity index (χ1v) is 7.84. The van der Waals surface area contributed by atoms with E-state index in [-0.39, 0.29) is 0 Å². The second kappa shape index (κ2) is 11.0. The Morgan fingerprint density at radius 2 is 1.67 bits per heavy atom. The van der Waals surface area contributed by atoms with Crippen LogP contribution in [0.25, 0.3) is 0 Å². The maximum absolute atomic E-state index is 11.2. The topological polar surface area (TPSA) is 35.5 Å². The monoisotopic (exact) mass is 290 g/mol. The maximum atomic E-state index is 11.2. The van der Waals surface area contributed by atoms with Gasteiger partial charge in [0.15, 0.2) is 11.5 Å². The summed E-state index contributed by atoms with van der Waals surface area (Å²) in [4.78, 5) is 11.2. The van der Waals surface area contributed by atoms with Crippen LogP contribution in [0.5, 0.6) is 11.5 Å². The molecule has 0 unspecified atom stereocenters. The van der Waals surface area contributed by atoms with Gasteiger partial charge in [-0.05, 0) is 18.6 Å². The van der Waals surface area contributed by atoms with E-state index in [1.165, 1.54) is 38.5 Å². The van der Waals surface area contributed by atoms with Gasteiger partial charge in [0.05, 0.1) is 6.61 Å². The van der Waals surface area contributed by atoms with Crippen LogP contribution in [-0.2, 0) is 4.79 Å². The van der Waals surface area contributed by atoms with Gasteiger partial charge in [-0.15, -0.1) is 0 Å². The van der Waals surface area contributed by atoms with Crippen LogP contribution in [0.2, 0.25) is 0 Å². The molecule has 0 fully saturated rings. The summed E-state index contributed by atoms with van der Waals surface area (Å²) in [7, 11) is 0. The summed E-state index contributed by atoms with van der Waals surface area (Å²) in [6.07, 6.45) is 9.86. The maximum Gasteiger partial charge on any atom is 0.335 e. The number of rotatable bonds is 11. The summed E-state index contributed by atoms with van der Waals surface area (Å²) in [5, 5.41) is 0. The second-order valence-electron chi connectivity index (χ2n) is 5.04. The molecule has 1 rings (SSSR count). The van der Waals surface area contributed by atoms with Gasteiger partial charge in [-0.25, -0.2) is 4.79 Å². The molecule has 0 bridgehead atoms. The predicted octanol–water partition coefficient (Wildman–Crippen LogP) is 4.91. The van der Waals surface area contributed by atoms with Crippen molar-refractivity contribution in [2.45, 2.75) is 51.9 Å². The summed E-state index contributed by atoms with van der Waals surface area (Å²) in [5.74, 6) is 0.589. The van der Waals surface area contributed by atoms with Crippen molar-refractivity contribution in [2.24, 2.45) is 0 Å². The van der Waals surface area contributed by atoms with Crippen molar-refractivity contribution in [1.29, 1.82) is 0 Å². The SMILES string of the molecule is C=CC(=O)Oc1ccccc1OCCCCCCCCC. The lowest BCUT2D eigenvalue weighted by Crippen LogP contribution is -2.06. The standard InChI is InChI=1S/C18H26O3/c1-3-5-6-7-8-9-12-15-20-16-13-10-11-14-17(16)21-18(19)4-2/h4,10-11,13-14H,2-3,5-9,12,15H2,1H3. The molecule has 1 aromatic carbocycles. The van der Waals surface area contributed by atoms with Gasteiger partial charge in [-0.1, -0.05) is 64.2 Å². The molecule has 0 aromatic heterocycles. The molecular weight excluding hydrogens is 264 g/mol. The van der Waals surface area contributed by atoms with E-state index in [0.717, 1.165) is 12.5 Å². The van der Waals surface area contributed by atoms with Gasteiger partial charge in [0.1, 0.15) is 0 Å². The molecule has 0 heterocycles. The van der Waals surface area contributed by atoms with E-state index in [9.17, 15) is 4.79 Å². The molecule has 0 saturated heterocycles. The zero-order valence-corrected chi connectivity index (χ0v) is 13.0. The minimum absolute atomic E-state index is 0.449. The smallest absolute Gasteiger partial charge is 0.335 e. The molecule has 21 heavy (non-hydrogen) atoms. The van der Waals surface area contributed by atoms with Gasteiger partial charge in [-0.3, -0.25) is 0 Å². The number of ether oxygens (including phenoxy) is 2. The Labute approximate surface area is 128 Å². The molecule has 1 aromatic rings. The fourth-order valence-electron chi connectivity index (χ4n) is 2.05. The summed E-state index contributed by atoms with van der Waals surface area (Å²) in [5.41, 5.74) is 0. The van der Waals surface area contributed by atoms with Crippen LogP contribution in [0, 0.1) is 0 Å². The normalized spacial score (nSPS) is 10.1. The summed E-state index contributed by atoms with van der Waals surface area (Å²) in [6, 6.07) is 7.21. The molecule has 0 atom stereocenters. The third kappa shape index (κ3) is 7.54. The molecule has 0 aliphatic carbocycles. The van der Waals surface area contributed by atoms with Crippen LogP contribution in [0.3, 0.4) is 0 Å². The molecule has 3 heteroatoms. The number of hydrogen-bond donors (Lipinski definition) is 0. The van der Waals surface area contributed by atoms with E-state index in [1.807, 2.05) is 18.2 Å². The van der Waals surface area contributed by atoms with E-state index in [2.05, 4.69) is 13.5 Å². The van der Waals surface area contributed by atoms with Crippen LogP contribution < -0.4 is 9.47 Å². The van der Waals surface area contributed by atoms with E-state index in [0.29, 0.717) is 18.1 Å². The lowest BCUT2D eigenvalue weighted by molar-refractivity contribution is -0.129. The van der Waals surface area contributed by atoms with Gasteiger partial charge in [0.2, 0.25) is 0 Å². The highest BCUT2D eigenvalue weighted by atomic mass is 16.6. The van der Waals surface area contributed by atoms with Crippen LogP contribution in [-0.4, -0.2) is 12.6 Å². The lowest BCUT2D eigenvalue weighted by atomic mass is 10.1. The Morgan fingerprint density at radius 1 is 1.05 bits per heavy atom. The molecule has 116 valence electrons. The third-order valence-electron chi connectivity index (χ3n) is 3.23. The number of carbonyl (C=O) groups excluding carboxylic acids is 1. The summed E-state index contributed by atoms with van der Waals surface area (Å²) >= 11 is 0. The first-order chi connectivity index (χ1) is 10.3. The first kappa shape index (κ1) is 17.3. The van der Waals surface area contributed by atoms with Crippen molar-refractivity contribution in [3.05, 3.63) is 36.9 Å². The molecule has 3 nitrogen and oxygen atoms in total. The fourth-order valence-corrected chi connectivity index (χ4v) is 2.05. The quantitative estimate of drug-likeness (QED) is 0.251. The van der Waals surface area contributed by atoms with Crippen LogP contribution in [0.4, 0.5) is 0 Å². The average molecular weight is 290 g/mol. The van der Waals surface area contributed by atoms with Gasteiger partial charge < -0.3 is 9.47 Å². The van der Waals surface area contributed by atoms with Crippen molar-refractivity contribution in [3.63, 3.8) is 0 Å². The largest absolute Gasteiger partial charge is 0.490 e. The van der Waals surface area contributed by atoms with E-state index in [1.54, 1.807) is 6.07 Å². The van der Waals surface area contributed by atoms with Crippen LogP contribution in [0.1, 0.15) is 51.9 Å². The Bertz CT molecular complexity index is 426. The highest BCUT2D eigenvalue weighted by molar-refractivity contribution is 5.83. The molecule has 0 spiro atoms. The molecule has 0 amide bonds. The minimum Gasteiger partial charge on any atom is -0.490 e. The second-order valence-corrected chi connectivity index (χ2v) is 5.04. The number of benzene rings is 1. The lowest BCUT2D eigenvalue weighted by Gasteiger charge is -2.10. The minimum atomic E-state index is -0.470. The van der Waals surface area contributed by atoms with Crippen molar-refractivity contribution in [3.8, 4) is 11.5 Å². The molecule has 0 N–H and O–H groups in total. The van der Waals surface area contributed by atoms with Crippen LogP contribution in [0.15, 0.2) is 36.9 Å². The number of hydrogen-bond acceptors (Lipinski definition) is 3. The molecular formula is C18H26O3.